The number of benzene rings is 1. The number of aromatic nitrogens is 3. The standard InChI is InChI=1S/C12H12BrCl2N3/c1-2-5-18-11(7-14)16-17-12(18)8-3-4-10(15)9(13)6-8/h3-4,6H,2,5,7H2,1H3. The van der Waals surface area contributed by atoms with Crippen LogP contribution in [0.2, 0.25) is 5.02 Å². The SMILES string of the molecule is CCCn1c(CCl)nnc1-c1ccc(Cl)c(Br)c1. The molecule has 6 heteroatoms. The fourth-order valence-corrected chi connectivity index (χ4v) is 2.44. The second kappa shape index (κ2) is 6.04. The third-order valence-corrected chi connectivity index (χ3v) is 4.02. The zero-order valence-electron chi connectivity index (χ0n) is 9.83. The van der Waals surface area contributed by atoms with E-state index >= 15 is 0 Å². The van der Waals surface area contributed by atoms with Crippen molar-refractivity contribution in [2.75, 3.05) is 0 Å². The Balaban J connectivity index is 2.49. The third-order valence-electron chi connectivity index (χ3n) is 2.57. The number of hydrogen-bond acceptors (Lipinski definition) is 2. The molecule has 0 saturated carbocycles. The molecule has 0 bridgehead atoms. The molecule has 0 amide bonds. The van der Waals surface area contributed by atoms with Crippen molar-refractivity contribution in [1.29, 1.82) is 0 Å². The van der Waals surface area contributed by atoms with Crippen LogP contribution in [0, 0.1) is 0 Å². The van der Waals surface area contributed by atoms with E-state index in [4.69, 9.17) is 23.2 Å². The highest BCUT2D eigenvalue weighted by Crippen LogP contribution is 2.28. The highest BCUT2D eigenvalue weighted by atomic mass is 79.9. The molecule has 0 spiro atoms. The maximum absolute atomic E-state index is 5.99. The summed E-state index contributed by atoms with van der Waals surface area (Å²) in [6, 6.07) is 5.71. The van der Waals surface area contributed by atoms with Crippen molar-refractivity contribution >= 4 is 39.1 Å². The van der Waals surface area contributed by atoms with Crippen molar-refractivity contribution in [1.82, 2.24) is 14.8 Å². The molecule has 0 aliphatic heterocycles. The van der Waals surface area contributed by atoms with Crippen LogP contribution in [0.5, 0.6) is 0 Å². The van der Waals surface area contributed by atoms with Crippen molar-refractivity contribution in [3.8, 4) is 11.4 Å². The minimum atomic E-state index is 0.363. The van der Waals surface area contributed by atoms with Crippen molar-refractivity contribution in [2.24, 2.45) is 0 Å². The molecular weight excluding hydrogens is 337 g/mol. The lowest BCUT2D eigenvalue weighted by Crippen LogP contribution is -2.03. The number of halogens is 3. The van der Waals surface area contributed by atoms with Crippen LogP contribution in [0.4, 0.5) is 0 Å². The van der Waals surface area contributed by atoms with Crippen molar-refractivity contribution in [3.05, 3.63) is 33.5 Å². The number of alkyl halides is 1. The number of hydrogen-bond donors (Lipinski definition) is 0. The van der Waals surface area contributed by atoms with Crippen LogP contribution in [0.3, 0.4) is 0 Å². The van der Waals surface area contributed by atoms with Gasteiger partial charge in [0, 0.05) is 16.6 Å². The Labute approximate surface area is 124 Å². The lowest BCUT2D eigenvalue weighted by molar-refractivity contribution is 0.659. The van der Waals surface area contributed by atoms with Gasteiger partial charge in [-0.05, 0) is 40.5 Å². The first-order valence-corrected chi connectivity index (χ1v) is 7.31. The van der Waals surface area contributed by atoms with E-state index < -0.39 is 0 Å². The summed E-state index contributed by atoms with van der Waals surface area (Å²) in [5.74, 6) is 1.98. The molecule has 0 atom stereocenters. The average molecular weight is 349 g/mol. The van der Waals surface area contributed by atoms with Crippen molar-refractivity contribution in [3.63, 3.8) is 0 Å². The molecule has 0 aliphatic rings. The van der Waals surface area contributed by atoms with E-state index in [2.05, 4.69) is 33.1 Å². The first kappa shape index (κ1) is 13.8. The van der Waals surface area contributed by atoms with Gasteiger partial charge in [-0.1, -0.05) is 18.5 Å². The summed E-state index contributed by atoms with van der Waals surface area (Å²) in [7, 11) is 0. The summed E-state index contributed by atoms with van der Waals surface area (Å²) in [5.41, 5.74) is 0.976. The van der Waals surface area contributed by atoms with E-state index in [0.717, 1.165) is 34.7 Å². The summed E-state index contributed by atoms with van der Waals surface area (Å²) in [4.78, 5) is 0. The molecule has 0 radical (unpaired) electrons. The van der Waals surface area contributed by atoms with Gasteiger partial charge < -0.3 is 4.57 Å². The maximum Gasteiger partial charge on any atom is 0.164 e. The zero-order valence-corrected chi connectivity index (χ0v) is 12.9. The van der Waals surface area contributed by atoms with E-state index in [9.17, 15) is 0 Å². The second-order valence-corrected chi connectivity index (χ2v) is 5.38. The van der Waals surface area contributed by atoms with Crippen LogP contribution in [0.1, 0.15) is 19.2 Å². The van der Waals surface area contributed by atoms with Gasteiger partial charge in [0.2, 0.25) is 0 Å². The monoisotopic (exact) mass is 347 g/mol. The van der Waals surface area contributed by atoms with Crippen LogP contribution >= 0.6 is 39.1 Å². The molecule has 2 rings (SSSR count). The normalized spacial score (nSPS) is 10.9. The summed E-state index contributed by atoms with van der Waals surface area (Å²) < 4.78 is 2.89. The average Bonchev–Trinajstić information content (AvgIpc) is 2.76. The number of rotatable bonds is 4. The van der Waals surface area contributed by atoms with E-state index in [1.54, 1.807) is 0 Å². The highest BCUT2D eigenvalue weighted by molar-refractivity contribution is 9.10. The van der Waals surface area contributed by atoms with Gasteiger partial charge >= 0.3 is 0 Å². The maximum atomic E-state index is 5.99. The third kappa shape index (κ3) is 2.71. The molecular formula is C12H12BrCl2N3. The van der Waals surface area contributed by atoms with Gasteiger partial charge in [-0.15, -0.1) is 21.8 Å². The molecule has 3 nitrogen and oxygen atoms in total. The van der Waals surface area contributed by atoms with Crippen LogP contribution in [0.15, 0.2) is 22.7 Å². The first-order chi connectivity index (χ1) is 8.67. The fourth-order valence-electron chi connectivity index (χ4n) is 1.74. The van der Waals surface area contributed by atoms with Crippen molar-refractivity contribution < 1.29 is 0 Å². The lowest BCUT2D eigenvalue weighted by Gasteiger charge is -2.08. The Morgan fingerprint density at radius 2 is 2.11 bits per heavy atom. The Bertz CT molecular complexity index is 554. The Hall–Kier alpha value is -0.580. The van der Waals surface area contributed by atoms with Crippen molar-refractivity contribution in [2.45, 2.75) is 25.8 Å². The fraction of sp³-hybridized carbons (Fsp3) is 0.333. The molecule has 1 aromatic heterocycles. The highest BCUT2D eigenvalue weighted by Gasteiger charge is 2.13. The Morgan fingerprint density at radius 3 is 2.72 bits per heavy atom. The summed E-state index contributed by atoms with van der Waals surface area (Å²) in [5, 5.41) is 9.00. The topological polar surface area (TPSA) is 30.7 Å². The second-order valence-electron chi connectivity index (χ2n) is 3.85. The van der Waals surface area contributed by atoms with Crippen LogP contribution in [-0.4, -0.2) is 14.8 Å². The van der Waals surface area contributed by atoms with Crippen LogP contribution < -0.4 is 0 Å². The van der Waals surface area contributed by atoms with E-state index in [-0.39, 0.29) is 0 Å². The minimum Gasteiger partial charge on any atom is -0.310 e. The molecule has 0 N–H and O–H groups in total. The summed E-state index contributed by atoms with van der Waals surface area (Å²) in [6.07, 6.45) is 1.00. The molecule has 0 unspecified atom stereocenters. The molecule has 96 valence electrons. The van der Waals surface area contributed by atoms with Crippen LogP contribution in [-0.2, 0) is 12.4 Å². The molecule has 18 heavy (non-hydrogen) atoms. The predicted octanol–water partition coefficient (Wildman–Crippen LogP) is 4.51. The van der Waals surface area contributed by atoms with E-state index in [0.29, 0.717) is 10.9 Å². The Morgan fingerprint density at radius 1 is 1.33 bits per heavy atom. The van der Waals surface area contributed by atoms with Crippen LogP contribution in [0.25, 0.3) is 11.4 Å². The molecule has 0 fully saturated rings. The van der Waals surface area contributed by atoms with E-state index in [1.807, 2.05) is 22.8 Å². The van der Waals surface area contributed by atoms with Gasteiger partial charge in [0.05, 0.1) is 10.9 Å². The molecule has 2 aromatic rings. The number of nitrogens with zero attached hydrogens (tertiary/aromatic N) is 3. The van der Waals surface area contributed by atoms with Gasteiger partial charge in [-0.25, -0.2) is 0 Å². The minimum absolute atomic E-state index is 0.363. The van der Waals surface area contributed by atoms with Gasteiger partial charge in [-0.3, -0.25) is 0 Å². The smallest absolute Gasteiger partial charge is 0.164 e. The first-order valence-electron chi connectivity index (χ1n) is 5.60. The largest absolute Gasteiger partial charge is 0.310 e. The predicted molar refractivity (Wildman–Crippen MR) is 78.0 cm³/mol. The zero-order chi connectivity index (χ0) is 13.1. The summed E-state index contributed by atoms with van der Waals surface area (Å²) >= 11 is 15.3. The Kier molecular flexibility index (Phi) is 4.65. The molecule has 0 saturated heterocycles. The summed E-state index contributed by atoms with van der Waals surface area (Å²) in [6.45, 7) is 2.96. The quantitative estimate of drug-likeness (QED) is 0.761. The van der Waals surface area contributed by atoms with E-state index in [1.165, 1.54) is 0 Å². The van der Waals surface area contributed by atoms with Gasteiger partial charge in [0.25, 0.3) is 0 Å². The molecule has 1 aromatic carbocycles. The lowest BCUT2D eigenvalue weighted by atomic mass is 10.2. The van der Waals surface area contributed by atoms with Gasteiger partial charge in [0.15, 0.2) is 5.82 Å². The van der Waals surface area contributed by atoms with Gasteiger partial charge in [-0.2, -0.15) is 0 Å². The van der Waals surface area contributed by atoms with Gasteiger partial charge in [0.1, 0.15) is 5.82 Å². The molecule has 0 aliphatic carbocycles. The molecule has 1 heterocycles.